The first-order valence-corrected chi connectivity index (χ1v) is 14.2. The van der Waals surface area contributed by atoms with Gasteiger partial charge >= 0.3 is 5.97 Å². The Morgan fingerprint density at radius 3 is 2.23 bits per heavy atom. The van der Waals surface area contributed by atoms with Gasteiger partial charge in [0.05, 0.1) is 17.6 Å². The normalized spacial score (nSPS) is 55.0. The van der Waals surface area contributed by atoms with Gasteiger partial charge in [0.15, 0.2) is 0 Å². The molecule has 2 unspecified atom stereocenters. The van der Waals surface area contributed by atoms with E-state index < -0.39 is 17.5 Å². The van der Waals surface area contributed by atoms with Crippen molar-refractivity contribution in [2.75, 3.05) is 7.11 Å². The Hall–Kier alpha value is -0.870. The maximum Gasteiger partial charge on any atom is 0.312 e. The molecule has 5 aliphatic carbocycles. The van der Waals surface area contributed by atoms with Crippen molar-refractivity contribution >= 4 is 5.97 Å². The van der Waals surface area contributed by atoms with Crippen LogP contribution in [0.3, 0.4) is 0 Å². The molecule has 4 nitrogen and oxygen atoms in total. The van der Waals surface area contributed by atoms with Crippen molar-refractivity contribution in [3.8, 4) is 0 Å². The van der Waals surface area contributed by atoms with E-state index in [1.165, 1.54) is 19.3 Å². The molecular formula is C31H50O4. The van der Waals surface area contributed by atoms with E-state index in [0.717, 1.165) is 32.1 Å². The van der Waals surface area contributed by atoms with E-state index in [1.807, 2.05) is 14.0 Å². The predicted octanol–water partition coefficient (Wildman–Crippen LogP) is 6.86. The van der Waals surface area contributed by atoms with Gasteiger partial charge in [0.2, 0.25) is 0 Å². The number of fused-ring (bicyclic) bond motifs is 7. The van der Waals surface area contributed by atoms with Crippen molar-refractivity contribution in [2.24, 2.45) is 50.2 Å². The number of methoxy groups -OCH3 is 1. The number of aliphatic carboxylic acids is 1. The van der Waals surface area contributed by atoms with Gasteiger partial charge in [-0.25, -0.2) is 0 Å². The quantitative estimate of drug-likeness (QED) is 0.419. The van der Waals surface area contributed by atoms with E-state index in [2.05, 4.69) is 47.6 Å². The third-order valence-corrected chi connectivity index (χ3v) is 13.5. The molecule has 0 aliphatic heterocycles. The Labute approximate surface area is 213 Å². The lowest BCUT2D eigenvalue weighted by Crippen LogP contribution is -2.66. The number of hydrogen-bond acceptors (Lipinski definition) is 3. The summed E-state index contributed by atoms with van der Waals surface area (Å²) >= 11 is 0. The van der Waals surface area contributed by atoms with Crippen LogP contribution in [0.5, 0.6) is 0 Å². The summed E-state index contributed by atoms with van der Waals surface area (Å²) in [6.07, 6.45) is 11.5. The average molecular weight is 487 g/mol. The third-order valence-electron chi connectivity index (χ3n) is 13.5. The second-order valence-corrected chi connectivity index (χ2v) is 15.3. The Morgan fingerprint density at radius 1 is 0.914 bits per heavy atom. The third kappa shape index (κ3) is 3.08. The van der Waals surface area contributed by atoms with Gasteiger partial charge in [-0.05, 0) is 104 Å². The van der Waals surface area contributed by atoms with Crippen molar-refractivity contribution in [1.82, 2.24) is 0 Å². The summed E-state index contributed by atoms with van der Waals surface area (Å²) in [4.78, 5) is 12.5. The number of carboxylic acids is 1. The number of carboxylic acid groups (broad SMARTS) is 1. The number of ether oxygens (including phenoxy) is 1. The molecule has 0 aromatic carbocycles. The van der Waals surface area contributed by atoms with Crippen molar-refractivity contribution in [3.05, 3.63) is 11.6 Å². The second kappa shape index (κ2) is 7.59. The average Bonchev–Trinajstić information content (AvgIpc) is 2.77. The van der Waals surface area contributed by atoms with Crippen LogP contribution in [-0.4, -0.2) is 35.5 Å². The molecular weight excluding hydrogens is 436 g/mol. The summed E-state index contributed by atoms with van der Waals surface area (Å²) in [6.45, 7) is 16.7. The summed E-state index contributed by atoms with van der Waals surface area (Å²) in [5.41, 5.74) is 1.32. The molecule has 2 N–H and O–H groups in total. The minimum Gasteiger partial charge on any atom is -0.481 e. The fourth-order valence-electron chi connectivity index (χ4n) is 11.0. The van der Waals surface area contributed by atoms with Crippen LogP contribution in [0.1, 0.15) is 106 Å². The smallest absolute Gasteiger partial charge is 0.312 e. The fraction of sp³-hybridized carbons (Fsp3) is 0.903. The van der Waals surface area contributed by atoms with Crippen molar-refractivity contribution in [2.45, 2.75) is 118 Å². The minimum atomic E-state index is -1.05. The maximum absolute atomic E-state index is 12.5. The Bertz CT molecular complexity index is 938. The number of allylic oxidation sites excluding steroid dienone is 2. The van der Waals surface area contributed by atoms with Gasteiger partial charge in [0, 0.05) is 12.5 Å². The molecule has 0 heterocycles. The van der Waals surface area contributed by atoms with Gasteiger partial charge in [-0.3, -0.25) is 4.79 Å². The Morgan fingerprint density at radius 2 is 1.60 bits per heavy atom. The van der Waals surface area contributed by atoms with E-state index in [0.29, 0.717) is 24.4 Å². The Balaban J connectivity index is 1.59. The molecule has 0 saturated heterocycles. The van der Waals surface area contributed by atoms with Gasteiger partial charge in [-0.15, -0.1) is 0 Å². The summed E-state index contributed by atoms with van der Waals surface area (Å²) in [7, 11) is 1.91. The van der Waals surface area contributed by atoms with Crippen molar-refractivity contribution < 1.29 is 19.7 Å². The summed E-state index contributed by atoms with van der Waals surface area (Å²) in [5, 5.41) is 21.2. The standard InChI is InChI=1S/C31H50O4/c1-26(2)17-20-19-9-10-21-28(4)13-12-23(32)31(7,25(33)34)22(28)11-14-30(21,6)29(19,5)16-15-27(20,3)24(18-26)35-8/h9,20-24,32H,10-18H2,1-8H3,(H,33,34)/t20-,21?,22?,23-,24+,27+,28+,29+,30+,31+/m0/s1. The molecule has 0 aromatic rings. The maximum atomic E-state index is 12.5. The van der Waals surface area contributed by atoms with E-state index in [9.17, 15) is 15.0 Å². The minimum absolute atomic E-state index is 0.0215. The van der Waals surface area contributed by atoms with Crippen molar-refractivity contribution in [3.63, 3.8) is 0 Å². The van der Waals surface area contributed by atoms with Crippen LogP contribution in [0.2, 0.25) is 0 Å². The molecule has 0 radical (unpaired) electrons. The first kappa shape index (κ1) is 25.8. The SMILES string of the molecule is CO[C@@H]1CC(C)(C)C[C@H]2C3=CCC4[C@@]5(C)CC[C@H](O)[C@](C)(C(=O)O)C5CC[C@@]4(C)[C@]3(C)CC[C@@]12C. The number of rotatable bonds is 2. The lowest BCUT2D eigenvalue weighted by Gasteiger charge is -2.71. The lowest BCUT2D eigenvalue weighted by atomic mass is 9.33. The monoisotopic (exact) mass is 486 g/mol. The predicted molar refractivity (Wildman–Crippen MR) is 139 cm³/mol. The van der Waals surface area contributed by atoms with Crippen LogP contribution >= 0.6 is 0 Å². The number of aliphatic hydroxyl groups is 1. The molecule has 198 valence electrons. The van der Waals surface area contributed by atoms with Gasteiger partial charge in [-0.2, -0.15) is 0 Å². The molecule has 5 aliphatic rings. The molecule has 35 heavy (non-hydrogen) atoms. The molecule has 0 spiro atoms. The second-order valence-electron chi connectivity index (χ2n) is 15.3. The van der Waals surface area contributed by atoms with E-state index >= 15 is 0 Å². The zero-order chi connectivity index (χ0) is 25.8. The molecule has 4 saturated carbocycles. The highest BCUT2D eigenvalue weighted by molar-refractivity contribution is 5.76. The molecule has 5 rings (SSSR count). The highest BCUT2D eigenvalue weighted by Gasteiger charge is 2.70. The van der Waals surface area contributed by atoms with Crippen LogP contribution in [0.15, 0.2) is 11.6 Å². The largest absolute Gasteiger partial charge is 0.481 e. The molecule has 10 atom stereocenters. The number of aliphatic hydroxyl groups excluding tert-OH is 1. The van der Waals surface area contributed by atoms with Gasteiger partial charge in [-0.1, -0.05) is 53.2 Å². The van der Waals surface area contributed by atoms with Crippen LogP contribution in [0.25, 0.3) is 0 Å². The zero-order valence-corrected chi connectivity index (χ0v) is 23.5. The van der Waals surface area contributed by atoms with Gasteiger partial charge in [0.1, 0.15) is 0 Å². The van der Waals surface area contributed by atoms with E-state index in [1.54, 1.807) is 5.57 Å². The molecule has 0 bridgehead atoms. The van der Waals surface area contributed by atoms with Crippen LogP contribution in [0, 0.1) is 50.2 Å². The first-order chi connectivity index (χ1) is 16.1. The Kier molecular flexibility index (Phi) is 5.59. The van der Waals surface area contributed by atoms with E-state index in [-0.39, 0.29) is 33.0 Å². The van der Waals surface area contributed by atoms with E-state index in [4.69, 9.17) is 4.74 Å². The molecule has 0 aromatic heterocycles. The number of hydrogen-bond donors (Lipinski definition) is 2. The zero-order valence-electron chi connectivity index (χ0n) is 23.5. The lowest BCUT2D eigenvalue weighted by molar-refractivity contribution is -0.219. The van der Waals surface area contributed by atoms with Crippen LogP contribution in [-0.2, 0) is 9.53 Å². The molecule has 4 heteroatoms. The highest BCUT2D eigenvalue weighted by atomic mass is 16.5. The van der Waals surface area contributed by atoms with Crippen molar-refractivity contribution in [1.29, 1.82) is 0 Å². The fourth-order valence-corrected chi connectivity index (χ4v) is 11.0. The summed E-state index contributed by atoms with van der Waals surface area (Å²) in [6, 6.07) is 0. The molecule has 4 fully saturated rings. The molecule has 0 amide bonds. The summed E-state index contributed by atoms with van der Waals surface area (Å²) in [5.74, 6) is 0.211. The number of carbonyl (C=O) groups is 1. The topological polar surface area (TPSA) is 66.8 Å². The van der Waals surface area contributed by atoms with Gasteiger partial charge < -0.3 is 14.9 Å². The first-order valence-electron chi connectivity index (χ1n) is 14.2. The summed E-state index contributed by atoms with van der Waals surface area (Å²) < 4.78 is 6.18. The van der Waals surface area contributed by atoms with Crippen LogP contribution < -0.4 is 0 Å². The van der Waals surface area contributed by atoms with Crippen LogP contribution in [0.4, 0.5) is 0 Å². The highest BCUT2D eigenvalue weighted by Crippen LogP contribution is 2.75. The van der Waals surface area contributed by atoms with Gasteiger partial charge in [0.25, 0.3) is 0 Å².